The van der Waals surface area contributed by atoms with Crippen molar-refractivity contribution in [3.8, 4) is 0 Å². The third kappa shape index (κ3) is 3.18. The maximum absolute atomic E-state index is 14.0. The molecule has 3 aromatic rings. The predicted molar refractivity (Wildman–Crippen MR) is 126 cm³/mol. The van der Waals surface area contributed by atoms with Crippen LogP contribution in [0, 0.1) is 16.0 Å². The number of carbonyl (C=O) groups is 3. The first-order chi connectivity index (χ1) is 16.8. The molecule has 1 saturated heterocycles. The van der Waals surface area contributed by atoms with Gasteiger partial charge in [0.15, 0.2) is 0 Å². The number of ketones is 1. The summed E-state index contributed by atoms with van der Waals surface area (Å²) in [6.45, 7) is -0.153. The summed E-state index contributed by atoms with van der Waals surface area (Å²) in [5, 5.41) is 23.8. The first kappa shape index (κ1) is 22.5. The molecule has 0 unspecified atom stereocenters. The molecule has 1 fully saturated rings. The Morgan fingerprint density at radius 3 is 2.49 bits per heavy atom. The minimum Gasteiger partial charge on any atom is -0.481 e. The van der Waals surface area contributed by atoms with Crippen molar-refractivity contribution in [2.24, 2.45) is 5.92 Å². The summed E-state index contributed by atoms with van der Waals surface area (Å²) in [5.74, 6) is -4.93. The number of carboxylic acid groups (broad SMARTS) is 1. The highest BCUT2D eigenvalue weighted by Crippen LogP contribution is 2.54. The van der Waals surface area contributed by atoms with Crippen LogP contribution in [-0.2, 0) is 14.3 Å². The van der Waals surface area contributed by atoms with Crippen LogP contribution < -0.4 is 4.90 Å². The van der Waals surface area contributed by atoms with Gasteiger partial charge < -0.3 is 14.7 Å². The number of nitrogens with zero attached hydrogens (tertiary/aromatic N) is 2. The molecule has 0 amide bonds. The van der Waals surface area contributed by atoms with E-state index in [0.29, 0.717) is 11.3 Å². The fraction of sp³-hybridized carbons (Fsp3) is 0.269. The van der Waals surface area contributed by atoms with Crippen LogP contribution >= 0.6 is 0 Å². The average Bonchev–Trinajstić information content (AvgIpc) is 3.11. The van der Waals surface area contributed by atoms with Gasteiger partial charge in [-0.1, -0.05) is 54.6 Å². The molecule has 0 bridgehead atoms. The molecular formula is C26H22N2O7. The monoisotopic (exact) mass is 474 g/mol. The van der Waals surface area contributed by atoms with Crippen LogP contribution in [0.3, 0.4) is 0 Å². The lowest BCUT2D eigenvalue weighted by Gasteiger charge is -2.49. The van der Waals surface area contributed by atoms with Gasteiger partial charge in [-0.05, 0) is 28.5 Å². The fourth-order valence-corrected chi connectivity index (χ4v) is 5.86. The summed E-state index contributed by atoms with van der Waals surface area (Å²) in [5.41, 5.74) is -0.946. The van der Waals surface area contributed by atoms with Crippen molar-refractivity contribution in [3.05, 3.63) is 88.0 Å². The molecule has 178 valence electrons. The second-order valence-electron chi connectivity index (χ2n) is 8.93. The van der Waals surface area contributed by atoms with E-state index < -0.39 is 52.5 Å². The molecule has 0 aromatic heterocycles. The average molecular weight is 474 g/mol. The summed E-state index contributed by atoms with van der Waals surface area (Å²) in [4.78, 5) is 52.8. The van der Waals surface area contributed by atoms with Crippen molar-refractivity contribution < 1.29 is 29.2 Å². The highest BCUT2D eigenvalue weighted by molar-refractivity contribution is 6.26. The van der Waals surface area contributed by atoms with Crippen LogP contribution in [0.1, 0.15) is 28.3 Å². The number of para-hydroxylation sites is 1. The standard InChI is InChI=1S/C26H22N2O7/c1-35-25(32)26-22(17-11-10-15-6-2-3-7-16(15)12-17)23(28(33)34)18(13-21(29)30)14-27(26)20-9-5-4-8-19(20)24(26)31/h2-12,18,22-23H,13-14H2,1H3,(H,29,30)/t18-,22-,23+,26+/m1/s1. The minimum absolute atomic E-state index is 0.153. The van der Waals surface area contributed by atoms with E-state index in [2.05, 4.69) is 0 Å². The Labute approximate surface area is 200 Å². The number of fused-ring (bicyclic) bond motifs is 4. The number of ether oxygens (including phenoxy) is 1. The van der Waals surface area contributed by atoms with Crippen LogP contribution in [0.2, 0.25) is 0 Å². The molecule has 4 atom stereocenters. The van der Waals surface area contributed by atoms with Crippen LogP contribution in [-0.4, -0.2) is 53.0 Å². The van der Waals surface area contributed by atoms with Crippen LogP contribution in [0.25, 0.3) is 10.8 Å². The molecule has 3 aromatic carbocycles. The second kappa shape index (κ2) is 8.19. The molecule has 9 nitrogen and oxygen atoms in total. The van der Waals surface area contributed by atoms with Gasteiger partial charge in [-0.3, -0.25) is 19.7 Å². The highest BCUT2D eigenvalue weighted by atomic mass is 16.6. The molecular weight excluding hydrogens is 452 g/mol. The molecule has 2 heterocycles. The number of benzene rings is 3. The molecule has 2 aliphatic heterocycles. The van der Waals surface area contributed by atoms with Gasteiger partial charge in [0, 0.05) is 22.7 Å². The van der Waals surface area contributed by atoms with Gasteiger partial charge in [-0.25, -0.2) is 4.79 Å². The number of anilines is 1. The van der Waals surface area contributed by atoms with Crippen molar-refractivity contribution >= 4 is 34.2 Å². The molecule has 0 saturated carbocycles. The topological polar surface area (TPSA) is 127 Å². The Balaban J connectivity index is 1.83. The zero-order valence-corrected chi connectivity index (χ0v) is 18.8. The lowest BCUT2D eigenvalue weighted by atomic mass is 9.65. The van der Waals surface area contributed by atoms with E-state index in [0.717, 1.165) is 17.9 Å². The van der Waals surface area contributed by atoms with Crippen LogP contribution in [0.15, 0.2) is 66.7 Å². The molecule has 1 N–H and O–H groups in total. The number of rotatable bonds is 5. The van der Waals surface area contributed by atoms with Crippen LogP contribution in [0.4, 0.5) is 5.69 Å². The molecule has 0 spiro atoms. The summed E-state index contributed by atoms with van der Waals surface area (Å²) < 4.78 is 5.14. The Bertz CT molecular complexity index is 1390. The highest BCUT2D eigenvalue weighted by Gasteiger charge is 2.71. The molecule has 5 rings (SSSR count). The number of esters is 1. The van der Waals surface area contributed by atoms with Crippen molar-refractivity contribution in [2.75, 3.05) is 18.6 Å². The fourth-order valence-electron chi connectivity index (χ4n) is 5.86. The van der Waals surface area contributed by atoms with E-state index in [-0.39, 0.29) is 12.1 Å². The van der Waals surface area contributed by atoms with Gasteiger partial charge >= 0.3 is 11.9 Å². The van der Waals surface area contributed by atoms with E-state index >= 15 is 0 Å². The number of piperidine rings is 1. The molecule has 9 heteroatoms. The minimum atomic E-state index is -2.03. The Hall–Kier alpha value is -4.27. The maximum atomic E-state index is 14.0. The van der Waals surface area contributed by atoms with Gasteiger partial charge in [-0.2, -0.15) is 0 Å². The smallest absolute Gasteiger partial charge is 0.340 e. The number of nitro groups is 1. The van der Waals surface area contributed by atoms with E-state index in [1.54, 1.807) is 42.5 Å². The Morgan fingerprint density at radius 2 is 1.80 bits per heavy atom. The molecule has 0 aliphatic carbocycles. The van der Waals surface area contributed by atoms with Gasteiger partial charge in [0.2, 0.25) is 17.4 Å². The predicted octanol–water partition coefficient (Wildman–Crippen LogP) is 3.29. The SMILES string of the molecule is COC(=O)[C@]12C(=O)c3ccccc3N1C[C@@H](CC(=O)O)[C@H]([N+](=O)[O-])[C@H]2c1ccc2ccccc2c1. The number of Topliss-reactive ketones (excluding diaryl/α,β-unsaturated/α-hetero) is 1. The summed E-state index contributed by atoms with van der Waals surface area (Å²) in [6, 6.07) is 17.7. The zero-order chi connectivity index (χ0) is 24.9. The zero-order valence-electron chi connectivity index (χ0n) is 18.8. The Kier molecular flexibility index (Phi) is 5.27. The third-order valence-electron chi connectivity index (χ3n) is 7.21. The van der Waals surface area contributed by atoms with E-state index in [9.17, 15) is 29.6 Å². The van der Waals surface area contributed by atoms with E-state index in [1.165, 1.54) is 4.90 Å². The van der Waals surface area contributed by atoms with E-state index in [4.69, 9.17) is 4.74 Å². The van der Waals surface area contributed by atoms with Gasteiger partial charge in [-0.15, -0.1) is 0 Å². The molecule has 0 radical (unpaired) electrons. The largest absolute Gasteiger partial charge is 0.481 e. The first-order valence-corrected chi connectivity index (χ1v) is 11.1. The number of aliphatic carboxylic acids is 1. The van der Waals surface area contributed by atoms with Crippen molar-refractivity contribution in [3.63, 3.8) is 0 Å². The summed E-state index contributed by atoms with van der Waals surface area (Å²) in [6.07, 6.45) is -0.486. The van der Waals surface area contributed by atoms with Gasteiger partial charge in [0.25, 0.3) is 0 Å². The first-order valence-electron chi connectivity index (χ1n) is 11.1. The molecule has 2 aliphatic rings. The van der Waals surface area contributed by atoms with Gasteiger partial charge in [0.1, 0.15) is 0 Å². The number of carbonyl (C=O) groups excluding carboxylic acids is 2. The lowest BCUT2D eigenvalue weighted by Crippen LogP contribution is -2.70. The lowest BCUT2D eigenvalue weighted by molar-refractivity contribution is -0.539. The third-order valence-corrected chi connectivity index (χ3v) is 7.21. The van der Waals surface area contributed by atoms with Crippen molar-refractivity contribution in [2.45, 2.75) is 23.9 Å². The quantitative estimate of drug-likeness (QED) is 0.258. The van der Waals surface area contributed by atoms with Crippen molar-refractivity contribution in [1.82, 2.24) is 0 Å². The number of methoxy groups -OCH3 is 1. The van der Waals surface area contributed by atoms with E-state index in [1.807, 2.05) is 24.3 Å². The van der Waals surface area contributed by atoms with Crippen molar-refractivity contribution in [1.29, 1.82) is 0 Å². The molecule has 35 heavy (non-hydrogen) atoms. The Morgan fingerprint density at radius 1 is 1.11 bits per heavy atom. The normalized spacial score (nSPS) is 25.1. The van der Waals surface area contributed by atoms with Crippen LogP contribution in [0.5, 0.6) is 0 Å². The second-order valence-corrected chi connectivity index (χ2v) is 8.93. The number of carboxylic acids is 1. The van der Waals surface area contributed by atoms with Gasteiger partial charge in [0.05, 0.1) is 25.4 Å². The maximum Gasteiger partial charge on any atom is 0.340 e. The number of hydrogen-bond acceptors (Lipinski definition) is 7. The summed E-state index contributed by atoms with van der Waals surface area (Å²) >= 11 is 0. The summed E-state index contributed by atoms with van der Waals surface area (Å²) in [7, 11) is 1.15. The number of hydrogen-bond donors (Lipinski definition) is 1.